The van der Waals surface area contributed by atoms with Gasteiger partial charge in [0.25, 0.3) is 0 Å². The number of ether oxygens (including phenoxy) is 1. The van der Waals surface area contributed by atoms with E-state index in [-0.39, 0.29) is 41.9 Å². The van der Waals surface area contributed by atoms with E-state index in [1.54, 1.807) is 0 Å². The number of aliphatic hydroxyl groups excluding tert-OH is 5. The Morgan fingerprint density at radius 3 is 1.19 bits per heavy atom. The molecule has 0 aromatic heterocycles. The summed E-state index contributed by atoms with van der Waals surface area (Å²) in [6, 6.07) is 0. The minimum absolute atomic E-state index is 0. The smallest absolute Gasteiger partial charge is 1.00 e. The first-order valence-electron chi connectivity index (χ1n) is 3.93. The minimum Gasteiger partial charge on any atom is -1.00 e. The summed E-state index contributed by atoms with van der Waals surface area (Å²) in [5.74, 6) is 0. The summed E-state index contributed by atoms with van der Waals surface area (Å²) in [4.78, 5) is 0. The predicted molar refractivity (Wildman–Crippen MR) is 40.8 cm³/mol. The van der Waals surface area contributed by atoms with Gasteiger partial charge in [-0.3, -0.25) is 0 Å². The van der Waals surface area contributed by atoms with Crippen LogP contribution >= 0.6 is 0 Å². The van der Waals surface area contributed by atoms with E-state index in [9.17, 15) is 20.4 Å². The number of methoxy groups -OCH3 is 1. The largest absolute Gasteiger partial charge is 2.00 e. The van der Waals surface area contributed by atoms with Gasteiger partial charge in [-0.05, 0) is 0 Å². The van der Waals surface area contributed by atoms with Crippen LogP contribution in [0.4, 0.5) is 0 Å². The van der Waals surface area contributed by atoms with E-state index in [1.807, 2.05) is 0 Å². The fraction of sp³-hybridized carbons (Fsp3) is 1.00. The molecule has 1 aliphatic rings. The van der Waals surface area contributed by atoms with Crippen LogP contribution in [0.25, 0.3) is 0 Å². The Morgan fingerprint density at radius 2 is 0.938 bits per heavy atom. The van der Waals surface area contributed by atoms with Gasteiger partial charge in [-0.2, -0.15) is 0 Å². The summed E-state index contributed by atoms with van der Waals surface area (Å²) in [6.07, 6.45) is -8.48. The number of halogens is 2. The Hall–Kier alpha value is 0.859. The topological polar surface area (TPSA) is 110 Å². The predicted octanol–water partition coefficient (Wildman–Crippen LogP) is -9.18. The van der Waals surface area contributed by atoms with Gasteiger partial charge in [-0.15, -0.1) is 0 Å². The fourth-order valence-electron chi connectivity index (χ4n) is 1.48. The molecule has 0 bridgehead atoms. The molecule has 9 heteroatoms. The second kappa shape index (κ2) is 8.88. The number of hydrogen-bond donors (Lipinski definition) is 5. The van der Waals surface area contributed by atoms with Crippen LogP contribution in [0.1, 0.15) is 0 Å². The van der Waals surface area contributed by atoms with Crippen molar-refractivity contribution in [2.24, 2.45) is 0 Å². The summed E-state index contributed by atoms with van der Waals surface area (Å²) in [5, 5.41) is 46.1. The summed E-state index contributed by atoms with van der Waals surface area (Å²) in [6.45, 7) is 0. The number of rotatable bonds is 1. The van der Waals surface area contributed by atoms with Gasteiger partial charge in [0.05, 0.1) is 0 Å². The quantitative estimate of drug-likeness (QED) is 0.307. The first-order chi connectivity index (χ1) is 6.00. The third-order valence-corrected chi connectivity index (χ3v) is 2.35. The van der Waals surface area contributed by atoms with Crippen LogP contribution in [0, 0.1) is 0 Å². The molecule has 0 unspecified atom stereocenters. The van der Waals surface area contributed by atoms with Crippen molar-refractivity contribution in [3.8, 4) is 0 Å². The fourth-order valence-corrected chi connectivity index (χ4v) is 1.48. The van der Waals surface area contributed by atoms with Crippen molar-refractivity contribution >= 4 is 0 Å². The molecule has 5 N–H and O–H groups in total. The minimum atomic E-state index is -1.56. The van der Waals surface area contributed by atoms with Gasteiger partial charge >= 0.3 is 17.1 Å². The standard InChI is InChI=1S/C7H14O6.2ClH.Mn/c1-13-7-5(11)3(9)2(8)4(10)6(7)12;;;/h2-12H,1H3;2*1H;/q;;;+2/p-2/t2-,3-,4-,5-,6+,7+;;;/m0.../s1. The average Bonchev–Trinajstić information content (AvgIpc) is 2.13. The van der Waals surface area contributed by atoms with Crippen molar-refractivity contribution in [3.63, 3.8) is 0 Å². The van der Waals surface area contributed by atoms with E-state index in [0.29, 0.717) is 0 Å². The van der Waals surface area contributed by atoms with Crippen LogP contribution in [0.15, 0.2) is 0 Å². The van der Waals surface area contributed by atoms with Crippen molar-refractivity contribution in [2.75, 3.05) is 7.11 Å². The molecule has 0 saturated heterocycles. The molecule has 16 heavy (non-hydrogen) atoms. The monoisotopic (exact) mass is 319 g/mol. The first kappa shape index (κ1) is 22.1. The Kier molecular flexibility index (Phi) is 12.3. The molecule has 0 aliphatic heterocycles. The first-order valence-corrected chi connectivity index (χ1v) is 3.93. The molecule has 0 heterocycles. The van der Waals surface area contributed by atoms with Gasteiger partial charge in [0.1, 0.15) is 36.6 Å². The molecule has 0 aromatic rings. The molecule has 0 amide bonds. The summed E-state index contributed by atoms with van der Waals surface area (Å²) < 4.78 is 4.67. The van der Waals surface area contributed by atoms with E-state index in [1.165, 1.54) is 7.11 Å². The van der Waals surface area contributed by atoms with Crippen molar-refractivity contribution in [3.05, 3.63) is 0 Å². The second-order valence-corrected chi connectivity index (χ2v) is 3.15. The second-order valence-electron chi connectivity index (χ2n) is 3.15. The summed E-state index contributed by atoms with van der Waals surface area (Å²) in [7, 11) is 1.23. The molecule has 6 atom stereocenters. The van der Waals surface area contributed by atoms with Crippen LogP contribution < -0.4 is 24.8 Å². The molecule has 1 radical (unpaired) electrons. The van der Waals surface area contributed by atoms with Crippen LogP contribution in [0.3, 0.4) is 0 Å². The van der Waals surface area contributed by atoms with Gasteiger partial charge in [0.15, 0.2) is 0 Å². The molecule has 1 rings (SSSR count). The maximum atomic E-state index is 9.29. The SMILES string of the molecule is CO[C@H]1[C@H](O)[C@@H](O)[C@@H](O)[C@H](O)[C@@H]1O.[Cl-].[Cl-].[Mn+2]. The normalized spacial score (nSPS) is 42.4. The molecule has 1 saturated carbocycles. The Morgan fingerprint density at radius 1 is 0.688 bits per heavy atom. The van der Waals surface area contributed by atoms with Crippen molar-refractivity contribution in [1.82, 2.24) is 0 Å². The summed E-state index contributed by atoms with van der Waals surface area (Å²) in [5.41, 5.74) is 0. The average molecular weight is 320 g/mol. The van der Waals surface area contributed by atoms with Crippen molar-refractivity contribution in [1.29, 1.82) is 0 Å². The van der Waals surface area contributed by atoms with Gasteiger partial charge < -0.3 is 55.1 Å². The molecular formula is C7H14Cl2MnO6. The van der Waals surface area contributed by atoms with E-state index < -0.39 is 36.6 Å². The maximum Gasteiger partial charge on any atom is 2.00 e. The third-order valence-electron chi connectivity index (χ3n) is 2.35. The number of hydrogen-bond acceptors (Lipinski definition) is 6. The Labute approximate surface area is 116 Å². The van der Waals surface area contributed by atoms with E-state index in [4.69, 9.17) is 5.11 Å². The zero-order chi connectivity index (χ0) is 10.2. The maximum absolute atomic E-state index is 9.29. The van der Waals surface area contributed by atoms with Crippen molar-refractivity contribution in [2.45, 2.75) is 36.6 Å². The van der Waals surface area contributed by atoms with Gasteiger partial charge in [0.2, 0.25) is 0 Å². The third kappa shape index (κ3) is 3.96. The van der Waals surface area contributed by atoms with E-state index in [2.05, 4.69) is 4.74 Å². The summed E-state index contributed by atoms with van der Waals surface area (Å²) >= 11 is 0. The molecule has 1 fully saturated rings. The van der Waals surface area contributed by atoms with E-state index in [0.717, 1.165) is 0 Å². The molecule has 0 spiro atoms. The Balaban J connectivity index is -0.000000563. The molecule has 6 nitrogen and oxygen atoms in total. The zero-order valence-corrected chi connectivity index (χ0v) is 10.9. The van der Waals surface area contributed by atoms with Crippen molar-refractivity contribution < 1.29 is 72.2 Å². The number of aliphatic hydroxyl groups is 5. The molecule has 1 aliphatic carbocycles. The van der Waals surface area contributed by atoms with Crippen LogP contribution in [-0.2, 0) is 21.8 Å². The Bertz CT molecular complexity index is 172. The van der Waals surface area contributed by atoms with E-state index >= 15 is 0 Å². The molecular weight excluding hydrogens is 306 g/mol. The van der Waals surface area contributed by atoms with Gasteiger partial charge in [-0.1, -0.05) is 0 Å². The van der Waals surface area contributed by atoms with Crippen LogP contribution in [-0.4, -0.2) is 69.3 Å². The molecule has 0 aromatic carbocycles. The van der Waals surface area contributed by atoms with Crippen LogP contribution in [0.5, 0.6) is 0 Å². The van der Waals surface area contributed by atoms with Gasteiger partial charge in [0, 0.05) is 7.11 Å². The molecule has 99 valence electrons. The zero-order valence-electron chi connectivity index (χ0n) is 8.24. The van der Waals surface area contributed by atoms with Crippen LogP contribution in [0.2, 0.25) is 0 Å². The van der Waals surface area contributed by atoms with Gasteiger partial charge in [-0.25, -0.2) is 0 Å².